The molecule has 0 spiro atoms. The van der Waals surface area contributed by atoms with Crippen LogP contribution in [0.2, 0.25) is 0 Å². The standard InChI is InChI=1S/C13H17N3O3/c1-7(2)16-11-4-3-8(5-9(14)12(17)18)6-10(11)15-13(16)19/h3-4,6-7,9H,5,14H2,1-2H3,(H,15,19)(H,17,18). The normalized spacial score (nSPS) is 13.1. The van der Waals surface area contributed by atoms with Gasteiger partial charge in [-0.05, 0) is 38.0 Å². The van der Waals surface area contributed by atoms with Crippen LogP contribution in [0.15, 0.2) is 23.0 Å². The second-order valence-electron chi connectivity index (χ2n) is 4.89. The molecule has 0 bridgehead atoms. The molecule has 1 atom stereocenters. The van der Waals surface area contributed by atoms with E-state index in [4.69, 9.17) is 10.8 Å². The number of aromatic nitrogens is 2. The maximum Gasteiger partial charge on any atom is 0.326 e. The molecular formula is C13H17N3O3. The van der Waals surface area contributed by atoms with Crippen LogP contribution in [-0.2, 0) is 11.2 Å². The zero-order chi connectivity index (χ0) is 14.2. The molecular weight excluding hydrogens is 246 g/mol. The molecule has 0 saturated carbocycles. The maximum atomic E-state index is 11.8. The summed E-state index contributed by atoms with van der Waals surface area (Å²) in [4.78, 5) is 25.3. The molecule has 0 saturated heterocycles. The molecule has 0 amide bonds. The summed E-state index contributed by atoms with van der Waals surface area (Å²) in [6.45, 7) is 3.87. The van der Waals surface area contributed by atoms with E-state index in [-0.39, 0.29) is 18.2 Å². The van der Waals surface area contributed by atoms with Gasteiger partial charge in [-0.3, -0.25) is 9.36 Å². The molecule has 0 radical (unpaired) electrons. The fraction of sp³-hybridized carbons (Fsp3) is 0.385. The zero-order valence-electron chi connectivity index (χ0n) is 10.9. The number of carbonyl (C=O) groups is 1. The molecule has 4 N–H and O–H groups in total. The molecule has 1 unspecified atom stereocenters. The minimum Gasteiger partial charge on any atom is -0.480 e. The van der Waals surface area contributed by atoms with Crippen LogP contribution in [0.3, 0.4) is 0 Å². The number of H-pyrrole nitrogens is 1. The molecule has 19 heavy (non-hydrogen) atoms. The average molecular weight is 263 g/mol. The van der Waals surface area contributed by atoms with Crippen LogP contribution in [0.5, 0.6) is 0 Å². The first-order valence-corrected chi connectivity index (χ1v) is 6.11. The van der Waals surface area contributed by atoms with Gasteiger partial charge in [0.25, 0.3) is 0 Å². The van der Waals surface area contributed by atoms with Gasteiger partial charge in [-0.1, -0.05) is 6.07 Å². The van der Waals surface area contributed by atoms with E-state index in [1.807, 2.05) is 19.9 Å². The number of fused-ring (bicyclic) bond motifs is 1. The lowest BCUT2D eigenvalue weighted by atomic mass is 10.1. The van der Waals surface area contributed by atoms with E-state index in [0.717, 1.165) is 11.1 Å². The summed E-state index contributed by atoms with van der Waals surface area (Å²) in [7, 11) is 0. The van der Waals surface area contributed by atoms with Crippen LogP contribution < -0.4 is 11.4 Å². The summed E-state index contributed by atoms with van der Waals surface area (Å²) in [6.07, 6.45) is 0.236. The van der Waals surface area contributed by atoms with E-state index >= 15 is 0 Å². The van der Waals surface area contributed by atoms with E-state index in [2.05, 4.69) is 4.98 Å². The second kappa shape index (κ2) is 4.89. The Morgan fingerprint density at radius 3 is 2.74 bits per heavy atom. The molecule has 6 nitrogen and oxygen atoms in total. The van der Waals surface area contributed by atoms with Crippen molar-refractivity contribution in [3.05, 3.63) is 34.2 Å². The number of aliphatic carboxylic acids is 1. The molecule has 0 fully saturated rings. The average Bonchev–Trinajstić information content (AvgIpc) is 2.63. The van der Waals surface area contributed by atoms with E-state index in [1.165, 1.54) is 0 Å². The van der Waals surface area contributed by atoms with Crippen LogP contribution in [-0.4, -0.2) is 26.7 Å². The highest BCUT2D eigenvalue weighted by molar-refractivity contribution is 5.77. The number of nitrogens with two attached hydrogens (primary N) is 1. The first-order valence-electron chi connectivity index (χ1n) is 6.11. The van der Waals surface area contributed by atoms with E-state index in [0.29, 0.717) is 5.52 Å². The number of nitrogens with zero attached hydrogens (tertiary/aromatic N) is 1. The predicted molar refractivity (Wildman–Crippen MR) is 72.3 cm³/mol. The van der Waals surface area contributed by atoms with Crippen LogP contribution in [0.4, 0.5) is 0 Å². The van der Waals surface area contributed by atoms with Crippen LogP contribution in [0.25, 0.3) is 11.0 Å². The second-order valence-corrected chi connectivity index (χ2v) is 4.89. The van der Waals surface area contributed by atoms with Crippen molar-refractivity contribution in [2.75, 3.05) is 0 Å². The van der Waals surface area contributed by atoms with Crippen molar-refractivity contribution >= 4 is 17.0 Å². The summed E-state index contributed by atoms with van der Waals surface area (Å²) in [6, 6.07) is 4.53. The SMILES string of the molecule is CC(C)n1c(=O)[nH]c2cc(CC(N)C(=O)O)ccc21. The van der Waals surface area contributed by atoms with Crippen molar-refractivity contribution < 1.29 is 9.90 Å². The number of aromatic amines is 1. The van der Waals surface area contributed by atoms with Gasteiger partial charge in [-0.25, -0.2) is 4.79 Å². The van der Waals surface area contributed by atoms with Crippen molar-refractivity contribution in [1.29, 1.82) is 0 Å². The summed E-state index contributed by atoms with van der Waals surface area (Å²) >= 11 is 0. The van der Waals surface area contributed by atoms with Gasteiger partial charge in [-0.15, -0.1) is 0 Å². The molecule has 102 valence electrons. The molecule has 1 aromatic carbocycles. The first-order chi connectivity index (χ1) is 8.90. The summed E-state index contributed by atoms with van der Waals surface area (Å²) in [5.74, 6) is -1.03. The maximum absolute atomic E-state index is 11.8. The Morgan fingerprint density at radius 2 is 2.16 bits per heavy atom. The highest BCUT2D eigenvalue weighted by Gasteiger charge is 2.14. The lowest BCUT2D eigenvalue weighted by molar-refractivity contribution is -0.138. The van der Waals surface area contributed by atoms with E-state index < -0.39 is 12.0 Å². The number of hydrogen-bond donors (Lipinski definition) is 3. The summed E-state index contributed by atoms with van der Waals surface area (Å²) < 4.78 is 1.66. The molecule has 0 aliphatic carbocycles. The molecule has 0 aliphatic rings. The third kappa shape index (κ3) is 2.53. The third-order valence-electron chi connectivity index (χ3n) is 3.07. The topological polar surface area (TPSA) is 101 Å². The Morgan fingerprint density at radius 1 is 1.47 bits per heavy atom. The van der Waals surface area contributed by atoms with Gasteiger partial charge in [0.15, 0.2) is 0 Å². The Balaban J connectivity index is 2.43. The van der Waals surface area contributed by atoms with Crippen molar-refractivity contribution in [2.24, 2.45) is 5.73 Å². The number of hydrogen-bond acceptors (Lipinski definition) is 3. The molecule has 0 aliphatic heterocycles. The number of carboxylic acid groups (broad SMARTS) is 1. The number of imidazole rings is 1. The quantitative estimate of drug-likeness (QED) is 0.761. The molecule has 1 heterocycles. The van der Waals surface area contributed by atoms with Crippen molar-refractivity contribution in [3.8, 4) is 0 Å². The Hall–Kier alpha value is -2.08. The highest BCUT2D eigenvalue weighted by atomic mass is 16.4. The number of nitrogens with one attached hydrogen (secondary N) is 1. The minimum absolute atomic E-state index is 0.0633. The van der Waals surface area contributed by atoms with Crippen LogP contribution >= 0.6 is 0 Å². The van der Waals surface area contributed by atoms with Gasteiger partial charge in [0.2, 0.25) is 0 Å². The molecule has 2 rings (SSSR count). The number of rotatable bonds is 4. The van der Waals surface area contributed by atoms with Gasteiger partial charge in [-0.2, -0.15) is 0 Å². The number of benzene rings is 1. The zero-order valence-corrected chi connectivity index (χ0v) is 10.9. The van der Waals surface area contributed by atoms with Gasteiger partial charge in [0.05, 0.1) is 11.0 Å². The van der Waals surface area contributed by atoms with Crippen molar-refractivity contribution in [3.63, 3.8) is 0 Å². The Kier molecular flexibility index (Phi) is 3.44. The fourth-order valence-corrected chi connectivity index (χ4v) is 2.16. The van der Waals surface area contributed by atoms with Gasteiger partial charge in [0, 0.05) is 6.04 Å². The molecule has 6 heteroatoms. The fourth-order valence-electron chi connectivity index (χ4n) is 2.16. The first kappa shape index (κ1) is 13.4. The monoisotopic (exact) mass is 263 g/mol. The van der Waals surface area contributed by atoms with Crippen LogP contribution in [0, 0.1) is 0 Å². The number of carboxylic acids is 1. The molecule has 1 aromatic heterocycles. The van der Waals surface area contributed by atoms with Gasteiger partial charge in [0.1, 0.15) is 6.04 Å². The van der Waals surface area contributed by atoms with E-state index in [9.17, 15) is 9.59 Å². The lowest BCUT2D eigenvalue weighted by Gasteiger charge is -2.08. The Bertz CT molecular complexity index is 669. The molecule has 2 aromatic rings. The lowest BCUT2D eigenvalue weighted by Crippen LogP contribution is -2.32. The predicted octanol–water partition coefficient (Wildman–Crippen LogP) is 0.865. The van der Waals surface area contributed by atoms with Gasteiger partial charge < -0.3 is 15.8 Å². The van der Waals surface area contributed by atoms with Crippen molar-refractivity contribution in [2.45, 2.75) is 32.4 Å². The third-order valence-corrected chi connectivity index (χ3v) is 3.07. The smallest absolute Gasteiger partial charge is 0.326 e. The van der Waals surface area contributed by atoms with Crippen LogP contribution in [0.1, 0.15) is 25.5 Å². The largest absolute Gasteiger partial charge is 0.480 e. The van der Waals surface area contributed by atoms with Crippen molar-refractivity contribution in [1.82, 2.24) is 9.55 Å². The Labute approximate surface area is 109 Å². The van der Waals surface area contributed by atoms with E-state index in [1.54, 1.807) is 16.7 Å². The summed E-state index contributed by atoms with van der Waals surface area (Å²) in [5, 5.41) is 8.79. The summed E-state index contributed by atoms with van der Waals surface area (Å²) in [5.41, 5.74) is 7.64. The minimum atomic E-state index is -1.03. The van der Waals surface area contributed by atoms with Gasteiger partial charge >= 0.3 is 11.7 Å². The highest BCUT2D eigenvalue weighted by Crippen LogP contribution is 2.17.